The van der Waals surface area contributed by atoms with Crippen LogP contribution in [-0.2, 0) is 13.2 Å². The molecule has 4 nitrogen and oxygen atoms in total. The van der Waals surface area contributed by atoms with Gasteiger partial charge in [0.1, 0.15) is 18.2 Å². The van der Waals surface area contributed by atoms with Crippen molar-refractivity contribution in [2.24, 2.45) is 0 Å². The van der Waals surface area contributed by atoms with Gasteiger partial charge >= 0.3 is 0 Å². The Hall–Kier alpha value is -1.75. The molecule has 0 aliphatic rings. The van der Waals surface area contributed by atoms with E-state index in [1.807, 2.05) is 6.07 Å². The van der Waals surface area contributed by atoms with Crippen LogP contribution in [0.1, 0.15) is 51.8 Å². The molecule has 168 valence electrons. The minimum atomic E-state index is 0.366. The molecule has 0 fully saturated rings. The highest BCUT2D eigenvalue weighted by Gasteiger charge is 2.13. The van der Waals surface area contributed by atoms with Crippen LogP contribution in [0.4, 0.5) is 0 Å². The first-order chi connectivity index (χ1) is 15.1. The fraction of sp³-hybridized carbons (Fsp3) is 0.480. The fourth-order valence-corrected chi connectivity index (χ4v) is 4.23. The lowest BCUT2D eigenvalue weighted by atomic mass is 10.2. The number of imidazole rings is 1. The van der Waals surface area contributed by atoms with Gasteiger partial charge in [0, 0.05) is 11.6 Å². The zero-order chi connectivity index (χ0) is 22.1. The van der Waals surface area contributed by atoms with Gasteiger partial charge < -0.3 is 14.2 Å². The molecule has 1 heterocycles. The Morgan fingerprint density at radius 1 is 0.935 bits per heavy atom. The Labute approximate surface area is 196 Å². The van der Waals surface area contributed by atoms with Crippen LogP contribution in [0.15, 0.2) is 42.5 Å². The van der Waals surface area contributed by atoms with Gasteiger partial charge in [0.05, 0.1) is 16.1 Å². The number of ether oxygens (including phenoxy) is 1. The van der Waals surface area contributed by atoms with Crippen LogP contribution in [0.5, 0.6) is 5.75 Å². The van der Waals surface area contributed by atoms with Crippen LogP contribution in [0, 0.1) is 0 Å². The number of unbranched alkanes of at least 4 members (excludes halogenated alkanes) is 2. The number of fused-ring (bicyclic) bond motifs is 1. The maximum atomic E-state index is 6.27. The van der Waals surface area contributed by atoms with E-state index in [2.05, 4.69) is 41.5 Å². The number of hydrogen-bond donors (Lipinski definition) is 0. The molecule has 0 saturated heterocycles. The van der Waals surface area contributed by atoms with Gasteiger partial charge in [-0.2, -0.15) is 0 Å². The van der Waals surface area contributed by atoms with Gasteiger partial charge in [0.25, 0.3) is 0 Å². The normalized spacial score (nSPS) is 11.5. The molecule has 0 amide bonds. The third-order valence-electron chi connectivity index (χ3n) is 5.50. The molecular weight excluding hydrogens is 429 g/mol. The van der Waals surface area contributed by atoms with Gasteiger partial charge in [0.15, 0.2) is 0 Å². The molecule has 0 atom stereocenters. The summed E-state index contributed by atoms with van der Waals surface area (Å²) in [5, 5.41) is 1.11. The second-order valence-corrected chi connectivity index (χ2v) is 8.78. The molecule has 31 heavy (non-hydrogen) atoms. The minimum absolute atomic E-state index is 0.366. The van der Waals surface area contributed by atoms with Gasteiger partial charge in [-0.3, -0.25) is 0 Å². The molecule has 0 radical (unpaired) electrons. The van der Waals surface area contributed by atoms with Crippen molar-refractivity contribution < 1.29 is 4.74 Å². The zero-order valence-electron chi connectivity index (χ0n) is 18.6. The summed E-state index contributed by atoms with van der Waals surface area (Å²) < 4.78 is 8.29. The summed E-state index contributed by atoms with van der Waals surface area (Å²) in [5.74, 6) is 1.54. The lowest BCUT2D eigenvalue weighted by Gasteiger charge is -2.22. The molecule has 1 aromatic heterocycles. The highest BCUT2D eigenvalue weighted by atomic mass is 35.5. The lowest BCUT2D eigenvalue weighted by Crippen LogP contribution is -2.28. The van der Waals surface area contributed by atoms with Crippen molar-refractivity contribution in [2.45, 2.75) is 59.1 Å². The predicted octanol–water partition coefficient (Wildman–Crippen LogP) is 7.21. The average molecular weight is 462 g/mol. The van der Waals surface area contributed by atoms with Gasteiger partial charge in [-0.1, -0.05) is 62.0 Å². The van der Waals surface area contributed by atoms with Crippen LogP contribution in [0.2, 0.25) is 10.0 Å². The molecule has 0 spiro atoms. The summed E-state index contributed by atoms with van der Waals surface area (Å²) in [6, 6.07) is 13.6. The first-order valence-corrected chi connectivity index (χ1v) is 12.1. The SMILES string of the molecule is CCCCN(CCCC)CCCn1c(COc2ccc(Cl)cc2Cl)nc2ccccc21. The van der Waals surface area contributed by atoms with Crippen molar-refractivity contribution >= 4 is 34.2 Å². The molecule has 2 aromatic carbocycles. The Morgan fingerprint density at radius 2 is 1.65 bits per heavy atom. The summed E-state index contributed by atoms with van der Waals surface area (Å²) in [4.78, 5) is 7.43. The number of rotatable bonds is 13. The Morgan fingerprint density at radius 3 is 2.35 bits per heavy atom. The quantitative estimate of drug-likeness (QED) is 0.269. The molecule has 0 saturated carbocycles. The zero-order valence-corrected chi connectivity index (χ0v) is 20.1. The first kappa shape index (κ1) is 23.9. The van der Waals surface area contributed by atoms with Gasteiger partial charge in [-0.05, 0) is 69.2 Å². The molecule has 0 N–H and O–H groups in total. The second kappa shape index (κ2) is 12.3. The van der Waals surface area contributed by atoms with Crippen LogP contribution >= 0.6 is 23.2 Å². The number of halogens is 2. The lowest BCUT2D eigenvalue weighted by molar-refractivity contribution is 0.254. The van der Waals surface area contributed by atoms with Crippen molar-refractivity contribution in [1.29, 1.82) is 0 Å². The maximum absolute atomic E-state index is 6.27. The summed E-state index contributed by atoms with van der Waals surface area (Å²) in [6.07, 6.45) is 6.09. The number of aryl methyl sites for hydroxylation is 1. The van der Waals surface area contributed by atoms with E-state index in [4.69, 9.17) is 32.9 Å². The van der Waals surface area contributed by atoms with Gasteiger partial charge in [-0.25, -0.2) is 4.98 Å². The standard InChI is InChI=1S/C25H33Cl2N3O/c1-3-5-14-29(15-6-4-2)16-9-17-30-23-11-8-7-10-22(23)28-25(30)19-31-24-13-12-20(26)18-21(24)27/h7-8,10-13,18H,3-6,9,14-17,19H2,1-2H3. The molecule has 0 aliphatic carbocycles. The highest BCUT2D eigenvalue weighted by Crippen LogP contribution is 2.28. The third-order valence-corrected chi connectivity index (χ3v) is 6.03. The van der Waals surface area contributed by atoms with Crippen molar-refractivity contribution in [3.05, 3.63) is 58.3 Å². The molecule has 3 rings (SSSR count). The number of nitrogens with zero attached hydrogens (tertiary/aromatic N) is 3. The Kier molecular flexibility index (Phi) is 9.51. The third kappa shape index (κ3) is 6.86. The van der Waals surface area contributed by atoms with E-state index >= 15 is 0 Å². The largest absolute Gasteiger partial charge is 0.484 e. The second-order valence-electron chi connectivity index (χ2n) is 7.93. The van der Waals surface area contributed by atoms with Gasteiger partial charge in [-0.15, -0.1) is 0 Å². The van der Waals surface area contributed by atoms with Crippen LogP contribution in [0.25, 0.3) is 11.0 Å². The van der Waals surface area contributed by atoms with Crippen LogP contribution in [0.3, 0.4) is 0 Å². The summed E-state index contributed by atoms with van der Waals surface area (Å²) >= 11 is 12.3. The molecular formula is C25H33Cl2N3O. The van der Waals surface area contributed by atoms with E-state index in [1.165, 1.54) is 38.8 Å². The minimum Gasteiger partial charge on any atom is -0.484 e. The van der Waals surface area contributed by atoms with E-state index in [9.17, 15) is 0 Å². The van der Waals surface area contributed by atoms with E-state index in [-0.39, 0.29) is 0 Å². The average Bonchev–Trinajstić information content (AvgIpc) is 3.12. The molecule has 0 unspecified atom stereocenters. The maximum Gasteiger partial charge on any atom is 0.148 e. The Bertz CT molecular complexity index is 949. The number of hydrogen-bond acceptors (Lipinski definition) is 3. The monoisotopic (exact) mass is 461 g/mol. The number of benzene rings is 2. The number of para-hydroxylation sites is 2. The van der Waals surface area contributed by atoms with E-state index in [0.29, 0.717) is 22.4 Å². The van der Waals surface area contributed by atoms with Crippen molar-refractivity contribution in [3.8, 4) is 5.75 Å². The summed E-state index contributed by atoms with van der Waals surface area (Å²) in [5.41, 5.74) is 2.15. The topological polar surface area (TPSA) is 30.3 Å². The van der Waals surface area contributed by atoms with Gasteiger partial charge in [0.2, 0.25) is 0 Å². The van der Waals surface area contributed by atoms with Crippen molar-refractivity contribution in [1.82, 2.24) is 14.5 Å². The summed E-state index contributed by atoms with van der Waals surface area (Å²) in [7, 11) is 0. The first-order valence-electron chi connectivity index (χ1n) is 11.4. The number of aromatic nitrogens is 2. The predicted molar refractivity (Wildman–Crippen MR) is 131 cm³/mol. The van der Waals surface area contributed by atoms with E-state index in [0.717, 1.165) is 36.4 Å². The van der Waals surface area contributed by atoms with Crippen LogP contribution < -0.4 is 4.74 Å². The molecule has 6 heteroatoms. The van der Waals surface area contributed by atoms with Crippen molar-refractivity contribution in [3.63, 3.8) is 0 Å². The van der Waals surface area contributed by atoms with Crippen LogP contribution in [-0.4, -0.2) is 34.1 Å². The van der Waals surface area contributed by atoms with E-state index < -0.39 is 0 Å². The Balaban J connectivity index is 1.69. The summed E-state index contributed by atoms with van der Waals surface area (Å²) in [6.45, 7) is 9.28. The smallest absolute Gasteiger partial charge is 0.148 e. The fourth-order valence-electron chi connectivity index (χ4n) is 3.77. The highest BCUT2D eigenvalue weighted by molar-refractivity contribution is 6.35. The molecule has 0 aliphatic heterocycles. The molecule has 0 bridgehead atoms. The molecule has 3 aromatic rings. The van der Waals surface area contributed by atoms with Crippen molar-refractivity contribution in [2.75, 3.05) is 19.6 Å². The van der Waals surface area contributed by atoms with E-state index in [1.54, 1.807) is 18.2 Å².